The molecule has 1 atom stereocenters. The quantitative estimate of drug-likeness (QED) is 0.348. The molecule has 0 aliphatic carbocycles. The molecule has 0 spiro atoms. The normalized spacial score (nSPS) is 14.8. The number of esters is 1. The van der Waals surface area contributed by atoms with E-state index in [2.05, 4.69) is 37.9 Å². The van der Waals surface area contributed by atoms with Gasteiger partial charge >= 0.3 is 5.97 Å². The van der Waals surface area contributed by atoms with Crippen LogP contribution < -0.4 is 14.8 Å². The first-order valence-electron chi connectivity index (χ1n) is 10.2. The Labute approximate surface area is 200 Å². The lowest BCUT2D eigenvalue weighted by atomic mass is 9.95. The maximum atomic E-state index is 13.0. The molecule has 1 aromatic heterocycles. The fourth-order valence-corrected chi connectivity index (χ4v) is 4.22. The number of ether oxygens (including phenoxy) is 3. The van der Waals surface area contributed by atoms with Crippen molar-refractivity contribution in [1.29, 1.82) is 0 Å². The minimum absolute atomic E-state index is 0.103. The maximum Gasteiger partial charge on any atom is 0.338 e. The highest BCUT2D eigenvalue weighted by molar-refractivity contribution is 9.10. The van der Waals surface area contributed by atoms with Gasteiger partial charge in [0, 0.05) is 5.70 Å². The Balaban J connectivity index is 1.73. The van der Waals surface area contributed by atoms with Crippen molar-refractivity contribution in [2.24, 2.45) is 0 Å². The molecule has 9 heteroatoms. The first-order valence-corrected chi connectivity index (χ1v) is 11.0. The number of halogens is 1. The van der Waals surface area contributed by atoms with Gasteiger partial charge in [0.1, 0.15) is 25.6 Å². The summed E-state index contributed by atoms with van der Waals surface area (Å²) in [5.41, 5.74) is 2.84. The molecule has 0 saturated heterocycles. The van der Waals surface area contributed by atoms with Crippen molar-refractivity contribution in [2.45, 2.75) is 19.6 Å². The second-order valence-corrected chi connectivity index (χ2v) is 8.14. The zero-order valence-corrected chi connectivity index (χ0v) is 19.8. The fraction of sp³-hybridized carbons (Fsp3) is 0.208. The number of methoxy groups -OCH3 is 1. The lowest BCUT2D eigenvalue weighted by Gasteiger charge is -2.28. The molecule has 4 rings (SSSR count). The summed E-state index contributed by atoms with van der Waals surface area (Å²) in [4.78, 5) is 17.2. The molecule has 2 aromatic carbocycles. The molecule has 1 aliphatic heterocycles. The summed E-state index contributed by atoms with van der Waals surface area (Å²) in [6, 6.07) is 13.0. The van der Waals surface area contributed by atoms with Crippen LogP contribution >= 0.6 is 15.9 Å². The van der Waals surface area contributed by atoms with E-state index < -0.39 is 12.0 Å². The molecule has 1 unspecified atom stereocenters. The van der Waals surface area contributed by atoms with Crippen molar-refractivity contribution in [2.75, 3.05) is 19.0 Å². The summed E-state index contributed by atoms with van der Waals surface area (Å²) in [5.74, 6) is 1.14. The highest BCUT2D eigenvalue weighted by Crippen LogP contribution is 2.43. The smallest absolute Gasteiger partial charge is 0.338 e. The second-order valence-electron chi connectivity index (χ2n) is 7.29. The van der Waals surface area contributed by atoms with Crippen molar-refractivity contribution in [3.8, 4) is 11.5 Å². The number of anilines is 1. The lowest BCUT2D eigenvalue weighted by molar-refractivity contribution is -0.138. The van der Waals surface area contributed by atoms with Crippen molar-refractivity contribution < 1.29 is 19.0 Å². The number of rotatable bonds is 8. The van der Waals surface area contributed by atoms with Crippen LogP contribution in [-0.2, 0) is 16.1 Å². The van der Waals surface area contributed by atoms with Crippen LogP contribution in [0.1, 0.15) is 24.1 Å². The van der Waals surface area contributed by atoms with Gasteiger partial charge in [-0.1, -0.05) is 43.0 Å². The number of fused-ring (bicyclic) bond motifs is 1. The topological polar surface area (TPSA) is 87.5 Å². The summed E-state index contributed by atoms with van der Waals surface area (Å²) < 4.78 is 19.4. The fourth-order valence-electron chi connectivity index (χ4n) is 3.64. The first-order chi connectivity index (χ1) is 16.0. The summed E-state index contributed by atoms with van der Waals surface area (Å²) in [6.45, 7) is 5.90. The molecule has 1 aliphatic rings. The van der Waals surface area contributed by atoms with E-state index in [1.54, 1.807) is 18.7 Å². The van der Waals surface area contributed by atoms with Gasteiger partial charge in [-0.25, -0.2) is 9.48 Å². The Morgan fingerprint density at radius 1 is 1.30 bits per heavy atom. The van der Waals surface area contributed by atoms with E-state index >= 15 is 0 Å². The number of nitrogens with one attached hydrogen (secondary N) is 1. The monoisotopic (exact) mass is 510 g/mol. The molecule has 0 radical (unpaired) electrons. The number of benzene rings is 2. The first kappa shape index (κ1) is 22.6. The van der Waals surface area contributed by atoms with E-state index in [9.17, 15) is 4.79 Å². The van der Waals surface area contributed by atoms with Crippen molar-refractivity contribution >= 4 is 27.8 Å². The number of hydrogen-bond acceptors (Lipinski definition) is 7. The van der Waals surface area contributed by atoms with Gasteiger partial charge in [-0.05, 0) is 46.1 Å². The molecule has 1 N–H and O–H groups in total. The van der Waals surface area contributed by atoms with Gasteiger partial charge in [0.05, 0.1) is 17.2 Å². The number of carbonyl (C=O) groups excluding carboxylic acids is 1. The van der Waals surface area contributed by atoms with Crippen molar-refractivity contribution in [1.82, 2.24) is 14.8 Å². The van der Waals surface area contributed by atoms with E-state index in [1.807, 2.05) is 42.5 Å². The number of nitrogens with zero attached hydrogens (tertiary/aromatic N) is 3. The van der Waals surface area contributed by atoms with Gasteiger partial charge < -0.3 is 19.5 Å². The molecule has 0 saturated carbocycles. The average molecular weight is 511 g/mol. The average Bonchev–Trinajstić information content (AvgIpc) is 3.29. The molecule has 8 nitrogen and oxygen atoms in total. The van der Waals surface area contributed by atoms with Gasteiger partial charge in [0.15, 0.2) is 11.5 Å². The third-order valence-corrected chi connectivity index (χ3v) is 5.73. The van der Waals surface area contributed by atoms with Crippen LogP contribution in [0, 0.1) is 0 Å². The number of carbonyl (C=O) groups is 1. The number of allylic oxidation sites excluding steroid dienone is 1. The van der Waals surface area contributed by atoms with E-state index in [0.717, 1.165) is 11.1 Å². The summed E-state index contributed by atoms with van der Waals surface area (Å²) in [7, 11) is 1.57. The molecule has 0 fully saturated rings. The van der Waals surface area contributed by atoms with Gasteiger partial charge in [0.25, 0.3) is 0 Å². The van der Waals surface area contributed by atoms with Crippen LogP contribution in [0.2, 0.25) is 0 Å². The Hall–Kier alpha value is -3.59. The molecule has 33 heavy (non-hydrogen) atoms. The maximum absolute atomic E-state index is 13.0. The van der Waals surface area contributed by atoms with Gasteiger partial charge in [-0.3, -0.25) is 0 Å². The third-order valence-electron chi connectivity index (χ3n) is 5.14. The SMILES string of the molecule is C=CCOC(=O)C1=C(C)Nc2ncnn2C1c1cc(Br)c(OCc2ccccc2)c(OC)c1. The van der Waals surface area contributed by atoms with Crippen LogP contribution in [0.5, 0.6) is 11.5 Å². The minimum Gasteiger partial charge on any atom is -0.493 e. The lowest BCUT2D eigenvalue weighted by Crippen LogP contribution is -2.29. The van der Waals surface area contributed by atoms with Gasteiger partial charge in [0.2, 0.25) is 5.95 Å². The van der Waals surface area contributed by atoms with Crippen LogP contribution in [0.4, 0.5) is 5.95 Å². The molecule has 0 bridgehead atoms. The van der Waals surface area contributed by atoms with Crippen LogP contribution in [0.3, 0.4) is 0 Å². The molecule has 3 aromatic rings. The predicted molar refractivity (Wildman–Crippen MR) is 127 cm³/mol. The van der Waals surface area contributed by atoms with Gasteiger partial charge in [-0.15, -0.1) is 0 Å². The van der Waals surface area contributed by atoms with E-state index in [1.165, 1.54) is 12.4 Å². The molecule has 2 heterocycles. The minimum atomic E-state index is -0.575. The third kappa shape index (κ3) is 4.63. The Kier molecular flexibility index (Phi) is 6.79. The van der Waals surface area contributed by atoms with Gasteiger partial charge in [-0.2, -0.15) is 10.1 Å². The Bertz CT molecular complexity index is 1210. The van der Waals surface area contributed by atoms with E-state index in [-0.39, 0.29) is 6.61 Å². The summed E-state index contributed by atoms with van der Waals surface area (Å²) >= 11 is 3.61. The number of aromatic nitrogens is 3. The Morgan fingerprint density at radius 2 is 2.09 bits per heavy atom. The standard InChI is InChI=1S/C24H23BrN4O4/c1-4-10-32-23(30)20-15(2)28-24-26-14-27-29(24)21(20)17-11-18(25)22(19(12-17)31-3)33-13-16-8-6-5-7-9-16/h4-9,11-12,14,21H,1,10,13H2,2-3H3,(H,26,27,28). The zero-order chi connectivity index (χ0) is 23.4. The zero-order valence-electron chi connectivity index (χ0n) is 18.2. The Morgan fingerprint density at radius 3 is 2.82 bits per heavy atom. The van der Waals surface area contributed by atoms with Crippen LogP contribution in [0.25, 0.3) is 0 Å². The van der Waals surface area contributed by atoms with Crippen molar-refractivity contribution in [3.63, 3.8) is 0 Å². The van der Waals surface area contributed by atoms with Crippen LogP contribution in [0.15, 0.2) is 77.2 Å². The molecular formula is C24H23BrN4O4. The highest BCUT2D eigenvalue weighted by Gasteiger charge is 2.35. The van der Waals surface area contributed by atoms with E-state index in [0.29, 0.717) is 39.8 Å². The molecular weight excluding hydrogens is 488 g/mol. The predicted octanol–water partition coefficient (Wildman–Crippen LogP) is 4.65. The summed E-state index contributed by atoms with van der Waals surface area (Å²) in [6.07, 6.45) is 2.96. The highest BCUT2D eigenvalue weighted by atomic mass is 79.9. The van der Waals surface area contributed by atoms with E-state index in [4.69, 9.17) is 14.2 Å². The summed E-state index contributed by atoms with van der Waals surface area (Å²) in [5, 5.41) is 7.45. The van der Waals surface area contributed by atoms with Crippen LogP contribution in [-0.4, -0.2) is 34.5 Å². The largest absolute Gasteiger partial charge is 0.493 e. The molecule has 170 valence electrons. The molecule has 0 amide bonds. The second kappa shape index (κ2) is 9.91. The van der Waals surface area contributed by atoms with Crippen molar-refractivity contribution in [3.05, 3.63) is 88.3 Å². The number of hydrogen-bond donors (Lipinski definition) is 1.